The molecule has 0 saturated carbocycles. The van der Waals surface area contributed by atoms with E-state index < -0.39 is 6.10 Å². The van der Waals surface area contributed by atoms with Crippen molar-refractivity contribution in [2.45, 2.75) is 31.5 Å². The Hall–Kier alpha value is -1.39. The number of benzene rings is 1. The normalized spacial score (nSPS) is 25.9. The summed E-state index contributed by atoms with van der Waals surface area (Å²) >= 11 is 0. The van der Waals surface area contributed by atoms with Crippen LogP contribution in [0.15, 0.2) is 30.3 Å². The smallest absolute Gasteiger partial charge is 0.237 e. The van der Waals surface area contributed by atoms with Gasteiger partial charge in [0, 0.05) is 6.54 Å². The summed E-state index contributed by atoms with van der Waals surface area (Å²) in [5.41, 5.74) is 1.09. The molecule has 1 saturated heterocycles. The Morgan fingerprint density at radius 3 is 2.67 bits per heavy atom. The molecule has 1 aliphatic rings. The molecule has 2 N–H and O–H groups in total. The molecule has 1 fully saturated rings. The monoisotopic (exact) mass is 248 g/mol. The number of carbonyl (C=O) groups excluding carboxylic acids is 1. The van der Waals surface area contributed by atoms with Crippen LogP contribution in [0, 0.1) is 0 Å². The molecule has 0 spiro atoms. The number of aliphatic hydroxyl groups excluding tert-OH is 1. The van der Waals surface area contributed by atoms with Crippen LogP contribution in [-0.4, -0.2) is 41.7 Å². The van der Waals surface area contributed by atoms with Gasteiger partial charge in [-0.1, -0.05) is 30.3 Å². The van der Waals surface area contributed by atoms with Gasteiger partial charge in [0.25, 0.3) is 0 Å². The predicted octanol–water partition coefficient (Wildman–Crippen LogP) is 0.929. The van der Waals surface area contributed by atoms with E-state index in [4.69, 9.17) is 0 Å². The summed E-state index contributed by atoms with van der Waals surface area (Å²) in [7, 11) is 1.87. The molecule has 1 aliphatic heterocycles. The number of hydrogen-bond donors (Lipinski definition) is 2. The number of amides is 1. The molecule has 0 bridgehead atoms. The number of likely N-dealkylation sites (N-methyl/N-ethyl adjacent to an activating group) is 1. The van der Waals surface area contributed by atoms with Crippen molar-refractivity contribution < 1.29 is 9.90 Å². The maximum atomic E-state index is 12.1. The SMILES string of the molecule is CC(NC(=O)[C@@H]1CC(O)CN1C)c1ccccc1. The van der Waals surface area contributed by atoms with Crippen LogP contribution in [0.25, 0.3) is 0 Å². The highest BCUT2D eigenvalue weighted by Gasteiger charge is 2.33. The third-order valence-electron chi connectivity index (χ3n) is 3.49. The van der Waals surface area contributed by atoms with Crippen LogP contribution in [0.5, 0.6) is 0 Å². The minimum atomic E-state index is -0.391. The van der Waals surface area contributed by atoms with E-state index >= 15 is 0 Å². The van der Waals surface area contributed by atoms with Gasteiger partial charge in [0.15, 0.2) is 0 Å². The summed E-state index contributed by atoms with van der Waals surface area (Å²) in [6.07, 6.45) is 0.127. The standard InChI is InChI=1S/C14H20N2O2/c1-10(11-6-4-3-5-7-11)15-14(18)13-8-12(17)9-16(13)2/h3-7,10,12-13,17H,8-9H2,1-2H3,(H,15,18)/t10?,12?,13-/m0/s1. The molecule has 0 aromatic heterocycles. The predicted molar refractivity (Wildman–Crippen MR) is 70.0 cm³/mol. The fourth-order valence-corrected chi connectivity index (χ4v) is 2.41. The zero-order chi connectivity index (χ0) is 13.1. The number of hydrogen-bond acceptors (Lipinski definition) is 3. The van der Waals surface area contributed by atoms with Crippen molar-refractivity contribution in [2.24, 2.45) is 0 Å². The van der Waals surface area contributed by atoms with E-state index in [0.29, 0.717) is 13.0 Å². The number of rotatable bonds is 3. The maximum absolute atomic E-state index is 12.1. The van der Waals surface area contributed by atoms with Crippen LogP contribution >= 0.6 is 0 Å². The summed E-state index contributed by atoms with van der Waals surface area (Å²) < 4.78 is 0. The lowest BCUT2D eigenvalue weighted by molar-refractivity contribution is -0.125. The van der Waals surface area contributed by atoms with Crippen LogP contribution < -0.4 is 5.32 Å². The first-order valence-corrected chi connectivity index (χ1v) is 6.31. The number of carbonyl (C=O) groups is 1. The van der Waals surface area contributed by atoms with Crippen LogP contribution in [0.1, 0.15) is 24.9 Å². The molecular weight excluding hydrogens is 228 g/mol. The zero-order valence-corrected chi connectivity index (χ0v) is 10.8. The molecule has 4 heteroatoms. The second-order valence-electron chi connectivity index (χ2n) is 4.99. The van der Waals surface area contributed by atoms with E-state index in [0.717, 1.165) is 5.56 Å². The summed E-state index contributed by atoms with van der Waals surface area (Å²) in [5.74, 6) is -0.00889. The van der Waals surface area contributed by atoms with Gasteiger partial charge in [0.05, 0.1) is 18.2 Å². The third kappa shape index (κ3) is 2.89. The van der Waals surface area contributed by atoms with Gasteiger partial charge in [0.1, 0.15) is 0 Å². The van der Waals surface area contributed by atoms with Crippen LogP contribution in [0.3, 0.4) is 0 Å². The third-order valence-corrected chi connectivity index (χ3v) is 3.49. The number of aliphatic hydroxyl groups is 1. The quantitative estimate of drug-likeness (QED) is 0.836. The van der Waals surface area contributed by atoms with Gasteiger partial charge in [0.2, 0.25) is 5.91 Å². The molecule has 1 aromatic carbocycles. The summed E-state index contributed by atoms with van der Waals surface area (Å²) in [5, 5.41) is 12.5. The average Bonchev–Trinajstić information content (AvgIpc) is 2.69. The second-order valence-corrected chi connectivity index (χ2v) is 4.99. The molecule has 0 radical (unpaired) electrons. The van der Waals surface area contributed by atoms with E-state index in [2.05, 4.69) is 5.32 Å². The summed E-state index contributed by atoms with van der Waals surface area (Å²) in [6.45, 7) is 2.54. The topological polar surface area (TPSA) is 52.6 Å². The first-order chi connectivity index (χ1) is 8.58. The first kappa shape index (κ1) is 13.1. The molecule has 1 aromatic rings. The minimum Gasteiger partial charge on any atom is -0.392 e. The first-order valence-electron chi connectivity index (χ1n) is 6.31. The Morgan fingerprint density at radius 2 is 2.11 bits per heavy atom. The van der Waals surface area contributed by atoms with Crippen molar-refractivity contribution in [1.29, 1.82) is 0 Å². The number of β-amino-alcohol motifs (C(OH)–C–C–N with tert-alkyl or cyclic N) is 1. The van der Waals surface area contributed by atoms with Crippen LogP contribution in [0.2, 0.25) is 0 Å². The van der Waals surface area contributed by atoms with E-state index in [-0.39, 0.29) is 18.0 Å². The molecule has 2 unspecified atom stereocenters. The molecule has 0 aliphatic carbocycles. The lowest BCUT2D eigenvalue weighted by atomic mass is 10.1. The fraction of sp³-hybridized carbons (Fsp3) is 0.500. The molecule has 4 nitrogen and oxygen atoms in total. The van der Waals surface area contributed by atoms with Gasteiger partial charge in [-0.15, -0.1) is 0 Å². The van der Waals surface area contributed by atoms with Crippen LogP contribution in [0.4, 0.5) is 0 Å². The number of nitrogens with zero attached hydrogens (tertiary/aromatic N) is 1. The van der Waals surface area contributed by atoms with Gasteiger partial charge in [-0.3, -0.25) is 9.69 Å². The number of nitrogens with one attached hydrogen (secondary N) is 1. The highest BCUT2D eigenvalue weighted by atomic mass is 16.3. The highest BCUT2D eigenvalue weighted by Crippen LogP contribution is 2.18. The molecule has 1 heterocycles. The van der Waals surface area contributed by atoms with E-state index in [1.165, 1.54) is 0 Å². The Labute approximate surface area is 108 Å². The van der Waals surface area contributed by atoms with Crippen molar-refractivity contribution in [2.75, 3.05) is 13.6 Å². The molecule has 2 rings (SSSR count). The van der Waals surface area contributed by atoms with Gasteiger partial charge >= 0.3 is 0 Å². The van der Waals surface area contributed by atoms with Gasteiger partial charge < -0.3 is 10.4 Å². The average molecular weight is 248 g/mol. The van der Waals surface area contributed by atoms with E-state index in [1.54, 1.807) is 0 Å². The van der Waals surface area contributed by atoms with Crippen molar-refractivity contribution in [1.82, 2.24) is 10.2 Å². The Morgan fingerprint density at radius 1 is 1.44 bits per heavy atom. The molecule has 18 heavy (non-hydrogen) atoms. The molecule has 3 atom stereocenters. The van der Waals surface area contributed by atoms with Crippen molar-refractivity contribution in [3.8, 4) is 0 Å². The minimum absolute atomic E-state index is 0.00889. The molecule has 98 valence electrons. The number of likely N-dealkylation sites (tertiary alicyclic amines) is 1. The fourth-order valence-electron chi connectivity index (χ4n) is 2.41. The van der Waals surface area contributed by atoms with E-state index in [1.807, 2.05) is 49.2 Å². The van der Waals surface area contributed by atoms with Crippen molar-refractivity contribution in [3.05, 3.63) is 35.9 Å². The van der Waals surface area contributed by atoms with Crippen LogP contribution in [-0.2, 0) is 4.79 Å². The highest BCUT2D eigenvalue weighted by molar-refractivity contribution is 5.82. The van der Waals surface area contributed by atoms with Crippen molar-refractivity contribution >= 4 is 5.91 Å². The summed E-state index contributed by atoms with van der Waals surface area (Å²) in [6, 6.07) is 9.65. The molecule has 1 amide bonds. The second kappa shape index (κ2) is 5.50. The zero-order valence-electron chi connectivity index (χ0n) is 10.8. The van der Waals surface area contributed by atoms with Gasteiger partial charge in [-0.25, -0.2) is 0 Å². The van der Waals surface area contributed by atoms with E-state index in [9.17, 15) is 9.90 Å². The van der Waals surface area contributed by atoms with Crippen molar-refractivity contribution in [3.63, 3.8) is 0 Å². The van der Waals surface area contributed by atoms with Gasteiger partial charge in [-0.2, -0.15) is 0 Å². The van der Waals surface area contributed by atoms with Gasteiger partial charge in [-0.05, 0) is 26.0 Å². The lowest BCUT2D eigenvalue weighted by Gasteiger charge is -2.21. The largest absolute Gasteiger partial charge is 0.392 e. The Bertz CT molecular complexity index is 408. The maximum Gasteiger partial charge on any atom is 0.237 e. The lowest BCUT2D eigenvalue weighted by Crippen LogP contribution is -2.42. The summed E-state index contributed by atoms with van der Waals surface area (Å²) in [4.78, 5) is 14.0. The Kier molecular flexibility index (Phi) is 3.99. The molecular formula is C14H20N2O2. The Balaban J connectivity index is 1.95.